The van der Waals surface area contributed by atoms with Gasteiger partial charge < -0.3 is 14.2 Å². The number of aromatic nitrogens is 2. The van der Waals surface area contributed by atoms with E-state index in [0.717, 1.165) is 0 Å². The molecule has 4 aromatic rings. The molecule has 3 heterocycles. The maximum atomic E-state index is 14.1. The van der Waals surface area contributed by atoms with Crippen LogP contribution >= 0.6 is 0 Å². The van der Waals surface area contributed by atoms with Gasteiger partial charge in [0.05, 0.1) is 42.1 Å². The zero-order chi connectivity index (χ0) is 31.0. The summed E-state index contributed by atoms with van der Waals surface area (Å²) in [5.41, 5.74) is 1.86. The van der Waals surface area contributed by atoms with Crippen molar-refractivity contribution in [1.29, 1.82) is 0 Å². The van der Waals surface area contributed by atoms with Gasteiger partial charge >= 0.3 is 0 Å². The van der Waals surface area contributed by atoms with E-state index in [0.29, 0.717) is 35.4 Å². The molecule has 11 heteroatoms. The van der Waals surface area contributed by atoms with Gasteiger partial charge in [0.25, 0.3) is 0 Å². The lowest BCUT2D eigenvalue weighted by Gasteiger charge is -2.31. The van der Waals surface area contributed by atoms with Gasteiger partial charge in [0.1, 0.15) is 11.6 Å². The lowest BCUT2D eigenvalue weighted by Crippen LogP contribution is -2.52. The normalized spacial score (nSPS) is 12.5. The number of sulfonamides is 1. The van der Waals surface area contributed by atoms with E-state index in [-0.39, 0.29) is 36.2 Å². The second-order valence-electron chi connectivity index (χ2n) is 11.4. The summed E-state index contributed by atoms with van der Waals surface area (Å²) in [6.07, 6.45) is 4.39. The molecule has 1 unspecified atom stereocenters. The molecule has 0 aliphatic rings. The molecule has 43 heavy (non-hydrogen) atoms. The van der Waals surface area contributed by atoms with Gasteiger partial charge in [-0.05, 0) is 60.4 Å². The van der Waals surface area contributed by atoms with E-state index in [2.05, 4.69) is 14.7 Å². The van der Waals surface area contributed by atoms with Crippen LogP contribution in [0.4, 0.5) is 0 Å². The Morgan fingerprint density at radius 2 is 1.44 bits per heavy atom. The van der Waals surface area contributed by atoms with Gasteiger partial charge in [-0.1, -0.05) is 39.8 Å². The Labute approximate surface area is 253 Å². The number of pyridine rings is 2. The number of carbonyl (C=O) groups is 2. The van der Waals surface area contributed by atoms with Crippen LogP contribution in [0.2, 0.25) is 0 Å². The van der Waals surface area contributed by atoms with Crippen molar-refractivity contribution >= 4 is 32.8 Å². The molecule has 0 radical (unpaired) electrons. The Hall–Kier alpha value is -4.09. The number of rotatable bonds is 14. The SMILES string of the molecule is CC(C)CN(CC(C)C)C(=O)C(CC(=O)N(Cc1ccccn1)Cc1ccccn1)NS(=O)(=O)c1ccc2occc2c1. The number of amides is 2. The highest BCUT2D eigenvalue weighted by Crippen LogP contribution is 2.21. The van der Waals surface area contributed by atoms with Crippen LogP contribution in [0.1, 0.15) is 45.5 Å². The first-order valence-corrected chi connectivity index (χ1v) is 15.9. The van der Waals surface area contributed by atoms with Gasteiger partial charge in [0, 0.05) is 30.9 Å². The van der Waals surface area contributed by atoms with E-state index in [9.17, 15) is 18.0 Å². The summed E-state index contributed by atoms with van der Waals surface area (Å²) in [4.78, 5) is 39.9. The van der Waals surface area contributed by atoms with Crippen molar-refractivity contribution in [3.05, 3.63) is 90.7 Å². The highest BCUT2D eigenvalue weighted by atomic mass is 32.2. The van der Waals surface area contributed by atoms with Crippen LogP contribution in [-0.4, -0.2) is 59.1 Å². The molecule has 4 rings (SSSR count). The molecule has 1 atom stereocenters. The number of carbonyl (C=O) groups excluding carboxylic acids is 2. The lowest BCUT2D eigenvalue weighted by molar-refractivity contribution is -0.140. The first-order chi connectivity index (χ1) is 20.5. The number of benzene rings is 1. The minimum atomic E-state index is -4.19. The number of nitrogens with zero attached hydrogens (tertiary/aromatic N) is 4. The maximum absolute atomic E-state index is 14.1. The molecule has 0 saturated heterocycles. The molecule has 1 N–H and O–H groups in total. The molecule has 3 aromatic heterocycles. The summed E-state index contributed by atoms with van der Waals surface area (Å²) in [6, 6.07) is 15.7. The van der Waals surface area contributed by atoms with Crippen molar-refractivity contribution in [1.82, 2.24) is 24.5 Å². The third-order valence-electron chi connectivity index (χ3n) is 6.70. The van der Waals surface area contributed by atoms with Gasteiger partial charge in [0.15, 0.2) is 0 Å². The number of furan rings is 1. The number of hydrogen-bond donors (Lipinski definition) is 1. The standard InChI is InChI=1S/C32H39N5O5S/c1-23(2)19-37(20-24(3)4)32(39)29(35-43(40,41)28-11-12-30-25(17-28)13-16-42-30)18-31(38)36(21-26-9-5-7-14-33-26)22-27-10-6-8-15-34-27/h5-17,23-24,29,35H,18-22H2,1-4H3. The monoisotopic (exact) mass is 605 g/mol. The first-order valence-electron chi connectivity index (χ1n) is 14.4. The Kier molecular flexibility index (Phi) is 10.7. The smallest absolute Gasteiger partial charge is 0.241 e. The molecule has 2 amide bonds. The molecule has 0 fully saturated rings. The molecule has 1 aromatic carbocycles. The molecule has 0 saturated carbocycles. The van der Waals surface area contributed by atoms with Gasteiger partial charge in [-0.15, -0.1) is 0 Å². The van der Waals surface area contributed by atoms with Crippen molar-refractivity contribution in [3.8, 4) is 0 Å². The summed E-state index contributed by atoms with van der Waals surface area (Å²) in [7, 11) is -4.19. The van der Waals surface area contributed by atoms with E-state index in [1.807, 2.05) is 52.0 Å². The van der Waals surface area contributed by atoms with Crippen LogP contribution in [0.15, 0.2) is 88.6 Å². The summed E-state index contributed by atoms with van der Waals surface area (Å²) in [6.45, 7) is 9.16. The Morgan fingerprint density at radius 1 is 0.837 bits per heavy atom. The molecule has 0 aliphatic carbocycles. The number of hydrogen-bond acceptors (Lipinski definition) is 7. The molecule has 10 nitrogen and oxygen atoms in total. The molecular formula is C32H39N5O5S. The molecule has 0 spiro atoms. The van der Waals surface area contributed by atoms with Gasteiger partial charge in [-0.3, -0.25) is 19.6 Å². The van der Waals surface area contributed by atoms with Crippen molar-refractivity contribution in [3.63, 3.8) is 0 Å². The highest BCUT2D eigenvalue weighted by Gasteiger charge is 2.33. The van der Waals surface area contributed by atoms with Gasteiger partial charge in [-0.25, -0.2) is 8.42 Å². The van der Waals surface area contributed by atoms with E-state index in [1.165, 1.54) is 18.4 Å². The lowest BCUT2D eigenvalue weighted by atomic mass is 10.1. The predicted octanol–water partition coefficient (Wildman–Crippen LogP) is 4.63. The molecule has 228 valence electrons. The fourth-order valence-electron chi connectivity index (χ4n) is 4.81. The number of fused-ring (bicyclic) bond motifs is 1. The maximum Gasteiger partial charge on any atom is 0.241 e. The van der Waals surface area contributed by atoms with Crippen LogP contribution in [0.25, 0.3) is 11.0 Å². The fourth-order valence-corrected chi connectivity index (χ4v) is 6.04. The average molecular weight is 606 g/mol. The minimum Gasteiger partial charge on any atom is -0.464 e. The van der Waals surface area contributed by atoms with E-state index in [1.54, 1.807) is 46.5 Å². The molecule has 0 aliphatic heterocycles. The van der Waals surface area contributed by atoms with E-state index < -0.39 is 27.9 Å². The zero-order valence-corrected chi connectivity index (χ0v) is 25.8. The summed E-state index contributed by atoms with van der Waals surface area (Å²) in [5.74, 6) is -0.566. The van der Waals surface area contributed by atoms with Crippen molar-refractivity contribution < 1.29 is 22.4 Å². The van der Waals surface area contributed by atoms with Crippen LogP contribution in [-0.2, 0) is 32.7 Å². The average Bonchev–Trinajstić information content (AvgIpc) is 3.44. The third kappa shape index (κ3) is 8.95. The van der Waals surface area contributed by atoms with Crippen LogP contribution in [0, 0.1) is 11.8 Å². The largest absolute Gasteiger partial charge is 0.464 e. The van der Waals surface area contributed by atoms with E-state index >= 15 is 0 Å². The molecule has 0 bridgehead atoms. The Balaban J connectivity index is 1.67. The first kappa shape index (κ1) is 31.8. The van der Waals surface area contributed by atoms with Gasteiger partial charge in [0.2, 0.25) is 21.8 Å². The zero-order valence-electron chi connectivity index (χ0n) is 25.0. The highest BCUT2D eigenvalue weighted by molar-refractivity contribution is 7.89. The van der Waals surface area contributed by atoms with Crippen molar-refractivity contribution in [2.24, 2.45) is 11.8 Å². The quantitative estimate of drug-likeness (QED) is 0.222. The summed E-state index contributed by atoms with van der Waals surface area (Å²) in [5, 5.41) is 0.611. The summed E-state index contributed by atoms with van der Waals surface area (Å²) >= 11 is 0. The second-order valence-corrected chi connectivity index (χ2v) is 13.1. The van der Waals surface area contributed by atoms with Crippen molar-refractivity contribution in [2.45, 2.75) is 58.1 Å². The summed E-state index contributed by atoms with van der Waals surface area (Å²) < 4.78 is 35.2. The second kappa shape index (κ2) is 14.4. The predicted molar refractivity (Wildman–Crippen MR) is 164 cm³/mol. The number of nitrogens with one attached hydrogen (secondary N) is 1. The van der Waals surface area contributed by atoms with Crippen LogP contribution in [0.3, 0.4) is 0 Å². The fraction of sp³-hybridized carbons (Fsp3) is 0.375. The molecular weight excluding hydrogens is 566 g/mol. The van der Waals surface area contributed by atoms with Crippen LogP contribution < -0.4 is 4.72 Å². The minimum absolute atomic E-state index is 0.0234. The van der Waals surface area contributed by atoms with Crippen LogP contribution in [0.5, 0.6) is 0 Å². The Bertz CT molecular complexity index is 1560. The topological polar surface area (TPSA) is 126 Å². The third-order valence-corrected chi connectivity index (χ3v) is 8.17. The Morgan fingerprint density at radius 3 is 1.98 bits per heavy atom. The van der Waals surface area contributed by atoms with Gasteiger partial charge in [-0.2, -0.15) is 4.72 Å². The van der Waals surface area contributed by atoms with Crippen molar-refractivity contribution in [2.75, 3.05) is 13.1 Å². The van der Waals surface area contributed by atoms with E-state index in [4.69, 9.17) is 4.42 Å².